The van der Waals surface area contributed by atoms with Crippen LogP contribution in [0.3, 0.4) is 0 Å². The van der Waals surface area contributed by atoms with Crippen LogP contribution in [-0.2, 0) is 12.7 Å². The number of rotatable bonds is 4. The highest BCUT2D eigenvalue weighted by Crippen LogP contribution is 2.32. The van der Waals surface area contributed by atoms with Gasteiger partial charge in [-0.25, -0.2) is 9.97 Å². The molecule has 0 spiro atoms. The van der Waals surface area contributed by atoms with Crippen LogP contribution in [0.25, 0.3) is 10.8 Å². The zero-order chi connectivity index (χ0) is 27.4. The van der Waals surface area contributed by atoms with Gasteiger partial charge in [0.15, 0.2) is 0 Å². The second kappa shape index (κ2) is 11.2. The number of benzene rings is 2. The summed E-state index contributed by atoms with van der Waals surface area (Å²) in [5.74, 6) is 5.29. The van der Waals surface area contributed by atoms with Crippen molar-refractivity contribution in [1.82, 2.24) is 24.8 Å². The van der Waals surface area contributed by atoms with E-state index < -0.39 is 17.6 Å². The molecule has 1 N–H and O–H groups in total. The van der Waals surface area contributed by atoms with Gasteiger partial charge < -0.3 is 10.2 Å². The molecular weight excluding hydrogens is 505 g/mol. The van der Waals surface area contributed by atoms with Crippen LogP contribution in [0.4, 0.5) is 18.9 Å². The fourth-order valence-corrected chi connectivity index (χ4v) is 4.36. The van der Waals surface area contributed by atoms with Crippen LogP contribution in [-0.4, -0.2) is 63.9 Å². The molecule has 2 aromatic carbocycles. The van der Waals surface area contributed by atoms with Crippen LogP contribution < -0.4 is 5.32 Å². The Labute approximate surface area is 223 Å². The van der Waals surface area contributed by atoms with E-state index in [1.807, 2.05) is 31.3 Å². The quantitative estimate of drug-likeness (QED) is 0.394. The second-order valence-corrected chi connectivity index (χ2v) is 9.37. The molecule has 10 heteroatoms. The van der Waals surface area contributed by atoms with E-state index in [0.29, 0.717) is 17.7 Å². The van der Waals surface area contributed by atoms with Crippen LogP contribution in [0.5, 0.6) is 0 Å². The first-order chi connectivity index (χ1) is 18.7. The molecule has 1 saturated heterocycles. The number of amides is 1. The van der Waals surface area contributed by atoms with E-state index in [0.717, 1.165) is 49.1 Å². The Morgan fingerprint density at radius 1 is 1.03 bits per heavy atom. The fraction of sp³-hybridized carbons (Fsp3) is 0.241. The number of fused-ring (bicyclic) bond motifs is 1. The number of hydrogen-bond donors (Lipinski definition) is 1. The molecule has 2 aromatic heterocycles. The fourth-order valence-electron chi connectivity index (χ4n) is 4.36. The maximum atomic E-state index is 13.6. The number of halogens is 3. The summed E-state index contributed by atoms with van der Waals surface area (Å²) in [5.41, 5.74) is 0.379. The van der Waals surface area contributed by atoms with Crippen molar-refractivity contribution in [3.63, 3.8) is 0 Å². The summed E-state index contributed by atoms with van der Waals surface area (Å²) in [6, 6.07) is 12.7. The number of anilines is 1. The number of aromatic nitrogens is 3. The third-order valence-electron chi connectivity index (χ3n) is 6.45. The number of hydrogen-bond acceptors (Lipinski definition) is 6. The highest BCUT2D eigenvalue weighted by atomic mass is 19.4. The Morgan fingerprint density at radius 3 is 2.62 bits per heavy atom. The third-order valence-corrected chi connectivity index (χ3v) is 6.45. The molecular formula is C29H25F3N6O. The summed E-state index contributed by atoms with van der Waals surface area (Å²) in [7, 11) is 2.01. The van der Waals surface area contributed by atoms with Crippen LogP contribution in [0, 0.1) is 11.8 Å². The molecule has 1 fully saturated rings. The molecule has 0 bridgehead atoms. The van der Waals surface area contributed by atoms with Crippen molar-refractivity contribution in [2.24, 2.45) is 0 Å². The molecule has 1 amide bonds. The summed E-state index contributed by atoms with van der Waals surface area (Å²) in [4.78, 5) is 29.7. The predicted octanol–water partition coefficient (Wildman–Crippen LogP) is 4.44. The number of likely N-dealkylation sites (N-methyl/N-ethyl adjacent to an activating group) is 1. The lowest BCUT2D eigenvalue weighted by Crippen LogP contribution is -2.43. The van der Waals surface area contributed by atoms with E-state index in [1.54, 1.807) is 18.5 Å². The predicted molar refractivity (Wildman–Crippen MR) is 142 cm³/mol. The molecule has 7 nitrogen and oxygen atoms in total. The Bertz CT molecular complexity index is 1560. The van der Waals surface area contributed by atoms with Crippen molar-refractivity contribution >= 4 is 22.4 Å². The SMILES string of the molecule is CN1CCN(Cc2cc(NC(=O)c3ccnc(C#Cc4cncc5ccccc45)n3)cc(C(F)(F)F)c2)CC1. The highest BCUT2D eigenvalue weighted by Gasteiger charge is 2.31. The van der Waals surface area contributed by atoms with Gasteiger partial charge in [0.05, 0.1) is 11.1 Å². The Hall–Kier alpha value is -4.33. The van der Waals surface area contributed by atoms with E-state index >= 15 is 0 Å². The normalized spacial score (nSPS) is 14.6. The molecule has 4 aromatic rings. The molecule has 0 saturated carbocycles. The van der Waals surface area contributed by atoms with E-state index in [1.165, 1.54) is 12.3 Å². The molecule has 0 unspecified atom stereocenters. The first-order valence-corrected chi connectivity index (χ1v) is 12.4. The molecule has 1 aliphatic heterocycles. The van der Waals surface area contributed by atoms with Gasteiger partial charge in [-0.1, -0.05) is 30.2 Å². The lowest BCUT2D eigenvalue weighted by molar-refractivity contribution is -0.137. The first kappa shape index (κ1) is 26.3. The van der Waals surface area contributed by atoms with E-state index in [2.05, 4.69) is 41.9 Å². The number of carbonyl (C=O) groups is 1. The monoisotopic (exact) mass is 530 g/mol. The summed E-state index contributed by atoms with van der Waals surface area (Å²) < 4.78 is 40.9. The molecule has 0 radical (unpaired) electrons. The van der Waals surface area contributed by atoms with Gasteiger partial charge in [0, 0.05) is 67.8 Å². The number of nitrogens with zero attached hydrogens (tertiary/aromatic N) is 5. The number of piperazine rings is 1. The summed E-state index contributed by atoms with van der Waals surface area (Å²) in [6.07, 6.45) is 0.218. The number of carbonyl (C=O) groups excluding carboxylic acids is 1. The summed E-state index contributed by atoms with van der Waals surface area (Å²) in [5, 5.41) is 4.43. The van der Waals surface area contributed by atoms with Gasteiger partial charge in [0.1, 0.15) is 5.69 Å². The van der Waals surface area contributed by atoms with Crippen LogP contribution >= 0.6 is 0 Å². The molecule has 3 heterocycles. The first-order valence-electron chi connectivity index (χ1n) is 12.4. The summed E-state index contributed by atoms with van der Waals surface area (Å²) >= 11 is 0. The Kier molecular flexibility index (Phi) is 7.54. The van der Waals surface area contributed by atoms with Crippen molar-refractivity contribution in [3.8, 4) is 11.8 Å². The average molecular weight is 531 g/mol. The summed E-state index contributed by atoms with van der Waals surface area (Å²) in [6.45, 7) is 3.57. The largest absolute Gasteiger partial charge is 0.416 e. The molecule has 0 aliphatic carbocycles. The van der Waals surface area contributed by atoms with E-state index in [-0.39, 0.29) is 17.2 Å². The molecule has 198 valence electrons. The molecule has 0 atom stereocenters. The van der Waals surface area contributed by atoms with Gasteiger partial charge >= 0.3 is 6.18 Å². The van der Waals surface area contributed by atoms with Crippen molar-refractivity contribution in [3.05, 3.63) is 95.3 Å². The Morgan fingerprint density at radius 2 is 1.82 bits per heavy atom. The second-order valence-electron chi connectivity index (χ2n) is 9.37. The van der Waals surface area contributed by atoms with Gasteiger partial charge in [0.2, 0.25) is 5.82 Å². The minimum Gasteiger partial charge on any atom is -0.321 e. The van der Waals surface area contributed by atoms with Crippen molar-refractivity contribution in [2.75, 3.05) is 38.5 Å². The molecule has 39 heavy (non-hydrogen) atoms. The smallest absolute Gasteiger partial charge is 0.321 e. The topological polar surface area (TPSA) is 74.2 Å². The number of pyridine rings is 1. The van der Waals surface area contributed by atoms with Gasteiger partial charge in [-0.05, 0) is 42.8 Å². The van der Waals surface area contributed by atoms with Gasteiger partial charge in [-0.3, -0.25) is 14.7 Å². The zero-order valence-corrected chi connectivity index (χ0v) is 21.2. The van der Waals surface area contributed by atoms with Gasteiger partial charge in [0.25, 0.3) is 5.91 Å². The van der Waals surface area contributed by atoms with E-state index in [4.69, 9.17) is 0 Å². The highest BCUT2D eigenvalue weighted by molar-refractivity contribution is 6.03. The lowest BCUT2D eigenvalue weighted by Gasteiger charge is -2.32. The minimum atomic E-state index is -4.55. The molecule has 1 aliphatic rings. The van der Waals surface area contributed by atoms with Crippen LogP contribution in [0.15, 0.2) is 67.1 Å². The van der Waals surface area contributed by atoms with Crippen molar-refractivity contribution in [2.45, 2.75) is 12.7 Å². The molecule has 5 rings (SSSR count). The van der Waals surface area contributed by atoms with Gasteiger partial charge in [-0.15, -0.1) is 0 Å². The van der Waals surface area contributed by atoms with Gasteiger partial charge in [-0.2, -0.15) is 13.2 Å². The Balaban J connectivity index is 1.36. The minimum absolute atomic E-state index is 0.0108. The third kappa shape index (κ3) is 6.57. The maximum Gasteiger partial charge on any atom is 0.416 e. The number of alkyl halides is 3. The lowest BCUT2D eigenvalue weighted by atomic mass is 10.1. The van der Waals surface area contributed by atoms with Crippen LogP contribution in [0.2, 0.25) is 0 Å². The standard InChI is InChI=1S/C29H25F3N6O/c1-37-10-12-38(13-11-37)19-20-14-23(29(30,31)32)16-24(15-20)35-28(39)26-8-9-34-27(36-26)7-6-22-18-33-17-21-4-2-3-5-25(21)22/h2-5,8-9,14-18H,10-13,19H2,1H3,(H,35,39). The van der Waals surface area contributed by atoms with E-state index in [9.17, 15) is 18.0 Å². The average Bonchev–Trinajstić information content (AvgIpc) is 2.93. The maximum absolute atomic E-state index is 13.6. The van der Waals surface area contributed by atoms with Crippen molar-refractivity contribution in [1.29, 1.82) is 0 Å². The van der Waals surface area contributed by atoms with Crippen LogP contribution in [0.1, 0.15) is 33.0 Å². The number of nitrogens with one attached hydrogen (secondary N) is 1. The zero-order valence-electron chi connectivity index (χ0n) is 21.2. The van der Waals surface area contributed by atoms with Crippen molar-refractivity contribution < 1.29 is 18.0 Å².